The van der Waals surface area contributed by atoms with Crippen LogP contribution in [-0.2, 0) is 26.5 Å². The van der Waals surface area contributed by atoms with Gasteiger partial charge in [-0.2, -0.15) is 0 Å². The number of nitrogens with zero attached hydrogens (tertiary/aromatic N) is 2. The summed E-state index contributed by atoms with van der Waals surface area (Å²) in [7, 11) is 0. The minimum Gasteiger partial charge on any atom is -0.456 e. The van der Waals surface area contributed by atoms with Gasteiger partial charge in [-0.05, 0) is 71.1 Å². The summed E-state index contributed by atoms with van der Waals surface area (Å²) in [6.07, 6.45) is 4.89. The van der Waals surface area contributed by atoms with Crippen LogP contribution in [-0.4, -0.2) is 9.97 Å². The van der Waals surface area contributed by atoms with Crippen molar-refractivity contribution in [3.05, 3.63) is 156 Å². The number of aromatic nitrogens is 2. The molecule has 0 aliphatic carbocycles. The summed E-state index contributed by atoms with van der Waals surface area (Å²) in [6, 6.07) is 46.2. The van der Waals surface area contributed by atoms with Gasteiger partial charge in [-0.15, -0.1) is 65.7 Å². The zero-order chi connectivity index (χ0) is 33.3. The molecule has 0 unspecified atom stereocenters. The van der Waals surface area contributed by atoms with Gasteiger partial charge in [-0.1, -0.05) is 98.1 Å². The van der Waals surface area contributed by atoms with Crippen molar-refractivity contribution in [2.24, 2.45) is 5.41 Å². The number of hydrogen-bond donors (Lipinski definition) is 0. The summed E-state index contributed by atoms with van der Waals surface area (Å²) < 4.78 is 6.11. The Bertz CT molecular complexity index is 2350. The van der Waals surface area contributed by atoms with E-state index in [1.54, 1.807) is 0 Å². The minimum absolute atomic E-state index is 0. The number of para-hydroxylation sites is 1. The van der Waals surface area contributed by atoms with E-state index in [-0.39, 0.29) is 25.5 Å². The summed E-state index contributed by atoms with van der Waals surface area (Å²) in [5, 5.41) is 4.76. The van der Waals surface area contributed by atoms with Crippen LogP contribution in [0.25, 0.3) is 66.4 Å². The normalized spacial score (nSPS) is 11.3. The number of rotatable bonds is 4. The SMILES string of the molecule is Cc1ccc(-c2[c-]cccc2)nc1.Cc1cnc(-c2[c-]cc(-c3cccc4c3ccc3oc5ccccc5c34)cc2)cc1CC(C)(C)C.[Ir]. The van der Waals surface area contributed by atoms with Crippen LogP contribution in [0, 0.1) is 31.4 Å². The third-order valence-corrected chi connectivity index (χ3v) is 8.63. The summed E-state index contributed by atoms with van der Waals surface area (Å²) in [5.74, 6) is 0. The maximum absolute atomic E-state index is 6.11. The van der Waals surface area contributed by atoms with E-state index < -0.39 is 0 Å². The predicted octanol–water partition coefficient (Wildman–Crippen LogP) is 12.0. The monoisotopic (exact) mass is 815 g/mol. The Labute approximate surface area is 302 Å². The van der Waals surface area contributed by atoms with Crippen LogP contribution >= 0.6 is 0 Å². The molecule has 0 atom stereocenters. The van der Waals surface area contributed by atoms with Gasteiger partial charge in [0, 0.05) is 43.3 Å². The summed E-state index contributed by atoms with van der Waals surface area (Å²) in [5.41, 5.74) is 12.2. The Kier molecular flexibility index (Phi) is 9.92. The van der Waals surface area contributed by atoms with Crippen LogP contribution in [0.1, 0.15) is 37.5 Å². The number of pyridine rings is 2. The van der Waals surface area contributed by atoms with E-state index in [2.05, 4.69) is 118 Å². The molecule has 0 saturated carbocycles. The molecule has 1 radical (unpaired) electrons. The molecule has 0 aliphatic heterocycles. The Hall–Kier alpha value is -4.89. The number of fused-ring (bicyclic) bond motifs is 5. The molecule has 245 valence electrons. The van der Waals surface area contributed by atoms with Crippen LogP contribution in [0.3, 0.4) is 0 Å². The first-order valence-electron chi connectivity index (χ1n) is 16.4. The molecule has 5 aromatic carbocycles. The molecule has 0 N–H and O–H groups in total. The van der Waals surface area contributed by atoms with E-state index >= 15 is 0 Å². The van der Waals surface area contributed by atoms with Crippen molar-refractivity contribution in [3.63, 3.8) is 0 Å². The first-order valence-corrected chi connectivity index (χ1v) is 16.4. The van der Waals surface area contributed by atoms with Gasteiger partial charge in [0.2, 0.25) is 0 Å². The molecule has 8 rings (SSSR count). The van der Waals surface area contributed by atoms with E-state index in [9.17, 15) is 0 Å². The molecule has 8 aromatic rings. The summed E-state index contributed by atoms with van der Waals surface area (Å²) in [6.45, 7) is 11.0. The van der Waals surface area contributed by atoms with E-state index in [4.69, 9.17) is 9.40 Å². The topological polar surface area (TPSA) is 38.9 Å². The maximum atomic E-state index is 6.11. The second-order valence-corrected chi connectivity index (χ2v) is 13.7. The average molecular weight is 815 g/mol. The van der Waals surface area contributed by atoms with Gasteiger partial charge in [0.15, 0.2) is 0 Å². The van der Waals surface area contributed by atoms with Gasteiger partial charge in [0.1, 0.15) is 11.2 Å². The fourth-order valence-electron chi connectivity index (χ4n) is 6.24. The van der Waals surface area contributed by atoms with Crippen molar-refractivity contribution in [1.82, 2.24) is 9.97 Å². The quantitative estimate of drug-likeness (QED) is 0.166. The molecule has 0 bridgehead atoms. The van der Waals surface area contributed by atoms with Crippen molar-refractivity contribution in [3.8, 4) is 33.6 Å². The molecule has 3 aromatic heterocycles. The van der Waals surface area contributed by atoms with Gasteiger partial charge in [0.25, 0.3) is 0 Å². The molecule has 49 heavy (non-hydrogen) atoms. The van der Waals surface area contributed by atoms with Gasteiger partial charge >= 0.3 is 0 Å². The molecule has 0 aliphatic rings. The Morgan fingerprint density at radius 1 is 0.653 bits per heavy atom. The van der Waals surface area contributed by atoms with Crippen molar-refractivity contribution in [2.75, 3.05) is 0 Å². The van der Waals surface area contributed by atoms with Crippen LogP contribution in [0.4, 0.5) is 0 Å². The Balaban J connectivity index is 0.000000250. The molecular formula is C45H38IrN2O-2. The third kappa shape index (κ3) is 7.42. The largest absolute Gasteiger partial charge is 0.456 e. The van der Waals surface area contributed by atoms with Gasteiger partial charge in [0.05, 0.1) is 0 Å². The van der Waals surface area contributed by atoms with Crippen LogP contribution in [0.2, 0.25) is 0 Å². The molecule has 0 saturated heterocycles. The smallest absolute Gasteiger partial charge is 0.136 e. The Morgan fingerprint density at radius 2 is 1.43 bits per heavy atom. The second-order valence-electron chi connectivity index (χ2n) is 13.7. The molecule has 0 fully saturated rings. The molecule has 3 heterocycles. The number of aryl methyl sites for hydroxylation is 2. The minimum atomic E-state index is 0. The average Bonchev–Trinajstić information content (AvgIpc) is 3.49. The molecule has 4 heteroatoms. The first-order chi connectivity index (χ1) is 23.2. The predicted molar refractivity (Wildman–Crippen MR) is 200 cm³/mol. The van der Waals surface area contributed by atoms with Crippen LogP contribution < -0.4 is 0 Å². The van der Waals surface area contributed by atoms with Crippen LogP contribution in [0.15, 0.2) is 132 Å². The standard InChI is InChI=1S/C33H28NO.C12H10N.Ir/c1-21-20-34-29(18-24(21)19-33(2,3)4)23-14-12-22(13-15-23)25-9-7-10-27-26(25)16-17-31-32(27)28-8-5-6-11-30(28)35-31;1-10-7-8-12(13-9-10)11-5-3-2-4-6-11;/h5-14,16-18,20H,19H2,1-4H3;2-5,7-9H,1H3;/q2*-1;. The van der Waals surface area contributed by atoms with Crippen LogP contribution in [0.5, 0.6) is 0 Å². The number of benzene rings is 5. The number of furan rings is 1. The van der Waals surface area contributed by atoms with Gasteiger partial charge in [-0.25, -0.2) is 0 Å². The molecule has 0 amide bonds. The fourth-order valence-corrected chi connectivity index (χ4v) is 6.24. The zero-order valence-electron chi connectivity index (χ0n) is 28.5. The van der Waals surface area contributed by atoms with Gasteiger partial charge in [-0.3, -0.25) is 0 Å². The second kappa shape index (κ2) is 14.3. The maximum Gasteiger partial charge on any atom is 0.136 e. The molecular weight excluding hydrogens is 777 g/mol. The first kappa shape index (κ1) is 34.0. The van der Waals surface area contributed by atoms with Crippen molar-refractivity contribution in [1.29, 1.82) is 0 Å². The molecule has 3 nitrogen and oxygen atoms in total. The van der Waals surface area contributed by atoms with E-state index in [1.165, 1.54) is 38.4 Å². The van der Waals surface area contributed by atoms with E-state index in [0.29, 0.717) is 0 Å². The zero-order valence-corrected chi connectivity index (χ0v) is 30.9. The van der Waals surface area contributed by atoms with E-state index in [0.717, 1.165) is 51.1 Å². The van der Waals surface area contributed by atoms with Crippen molar-refractivity contribution >= 4 is 32.7 Å². The third-order valence-electron chi connectivity index (χ3n) is 8.63. The molecule has 0 spiro atoms. The summed E-state index contributed by atoms with van der Waals surface area (Å²) >= 11 is 0. The van der Waals surface area contributed by atoms with Crippen molar-refractivity contribution in [2.45, 2.75) is 41.0 Å². The number of hydrogen-bond acceptors (Lipinski definition) is 3. The van der Waals surface area contributed by atoms with Crippen molar-refractivity contribution < 1.29 is 24.5 Å². The van der Waals surface area contributed by atoms with E-state index in [1.807, 2.05) is 61.8 Å². The summed E-state index contributed by atoms with van der Waals surface area (Å²) in [4.78, 5) is 9.02. The Morgan fingerprint density at radius 3 is 2.16 bits per heavy atom. The van der Waals surface area contributed by atoms with Gasteiger partial charge < -0.3 is 14.4 Å². The fraction of sp³-hybridized carbons (Fsp3) is 0.156.